The number of carboxylic acids is 1. The average molecular weight is 270 g/mol. The van der Waals surface area contributed by atoms with E-state index in [0.717, 1.165) is 16.9 Å². The Morgan fingerprint density at radius 2 is 1.75 bits per heavy atom. The summed E-state index contributed by atoms with van der Waals surface area (Å²) in [5, 5.41) is 9.47. The molecule has 0 saturated heterocycles. The van der Waals surface area contributed by atoms with Crippen LogP contribution < -0.4 is 4.74 Å². The largest absolute Gasteiger partial charge is 0.494 e. The molecule has 104 valence electrons. The van der Waals surface area contributed by atoms with Gasteiger partial charge in [0.05, 0.1) is 12.5 Å². The van der Waals surface area contributed by atoms with Crippen LogP contribution in [0.15, 0.2) is 54.6 Å². The van der Waals surface area contributed by atoms with Crippen molar-refractivity contribution in [2.75, 3.05) is 6.61 Å². The fourth-order valence-corrected chi connectivity index (χ4v) is 2.22. The first-order valence-corrected chi connectivity index (χ1v) is 6.70. The van der Waals surface area contributed by atoms with Gasteiger partial charge in [0.1, 0.15) is 5.75 Å². The standard InChI is InChI=1S/C17H18O3/c1-2-20-16-11-7-6-10-14(16)12-15(17(18)19)13-8-4-3-5-9-13/h3-11,15H,2,12H2,1H3,(H,18,19). The number of hydrogen-bond acceptors (Lipinski definition) is 2. The molecule has 0 aliphatic heterocycles. The number of para-hydroxylation sites is 1. The summed E-state index contributed by atoms with van der Waals surface area (Å²) in [6, 6.07) is 16.9. The first-order chi connectivity index (χ1) is 9.72. The summed E-state index contributed by atoms with van der Waals surface area (Å²) in [7, 11) is 0. The van der Waals surface area contributed by atoms with Gasteiger partial charge in [-0.1, -0.05) is 48.5 Å². The van der Waals surface area contributed by atoms with Crippen molar-refractivity contribution in [3.63, 3.8) is 0 Å². The zero-order valence-electron chi connectivity index (χ0n) is 11.5. The number of aliphatic carboxylic acids is 1. The van der Waals surface area contributed by atoms with Gasteiger partial charge in [-0.2, -0.15) is 0 Å². The lowest BCUT2D eigenvalue weighted by molar-refractivity contribution is -0.138. The summed E-state index contributed by atoms with van der Waals surface area (Å²) in [5.74, 6) is -0.613. The second kappa shape index (κ2) is 6.75. The van der Waals surface area contributed by atoms with Crippen LogP contribution in [0.25, 0.3) is 0 Å². The number of rotatable bonds is 6. The summed E-state index contributed by atoms with van der Waals surface area (Å²) < 4.78 is 5.56. The highest BCUT2D eigenvalue weighted by atomic mass is 16.5. The number of carbonyl (C=O) groups is 1. The topological polar surface area (TPSA) is 46.5 Å². The van der Waals surface area contributed by atoms with Crippen LogP contribution in [0.2, 0.25) is 0 Å². The Bertz CT molecular complexity index is 563. The van der Waals surface area contributed by atoms with Crippen molar-refractivity contribution < 1.29 is 14.6 Å². The molecule has 0 spiro atoms. The van der Waals surface area contributed by atoms with Gasteiger partial charge in [-0.25, -0.2) is 0 Å². The monoisotopic (exact) mass is 270 g/mol. The van der Waals surface area contributed by atoms with E-state index in [1.807, 2.05) is 61.5 Å². The van der Waals surface area contributed by atoms with E-state index >= 15 is 0 Å². The molecule has 0 aromatic heterocycles. The lowest BCUT2D eigenvalue weighted by Gasteiger charge is -2.15. The fourth-order valence-electron chi connectivity index (χ4n) is 2.22. The third-order valence-electron chi connectivity index (χ3n) is 3.20. The molecule has 3 heteroatoms. The Morgan fingerprint density at radius 3 is 2.40 bits per heavy atom. The number of hydrogen-bond donors (Lipinski definition) is 1. The Labute approximate surface area is 118 Å². The van der Waals surface area contributed by atoms with Crippen molar-refractivity contribution >= 4 is 5.97 Å². The first-order valence-electron chi connectivity index (χ1n) is 6.70. The van der Waals surface area contributed by atoms with E-state index < -0.39 is 11.9 Å². The molecule has 0 fully saturated rings. The van der Waals surface area contributed by atoms with E-state index in [9.17, 15) is 9.90 Å². The molecule has 0 heterocycles. The Balaban J connectivity index is 2.28. The molecule has 1 unspecified atom stereocenters. The normalized spacial score (nSPS) is 11.8. The van der Waals surface area contributed by atoms with Crippen molar-refractivity contribution in [2.24, 2.45) is 0 Å². The van der Waals surface area contributed by atoms with Crippen LogP contribution in [0.1, 0.15) is 24.0 Å². The summed E-state index contributed by atoms with van der Waals surface area (Å²) in [6.45, 7) is 2.49. The summed E-state index contributed by atoms with van der Waals surface area (Å²) in [4.78, 5) is 11.5. The molecule has 20 heavy (non-hydrogen) atoms. The van der Waals surface area contributed by atoms with Crippen LogP contribution >= 0.6 is 0 Å². The van der Waals surface area contributed by atoms with Crippen LogP contribution in [-0.2, 0) is 11.2 Å². The molecule has 1 N–H and O–H groups in total. The van der Waals surface area contributed by atoms with Crippen molar-refractivity contribution in [1.29, 1.82) is 0 Å². The number of benzene rings is 2. The van der Waals surface area contributed by atoms with Gasteiger partial charge < -0.3 is 9.84 Å². The zero-order chi connectivity index (χ0) is 14.4. The van der Waals surface area contributed by atoms with Gasteiger partial charge in [0.15, 0.2) is 0 Å². The van der Waals surface area contributed by atoms with Gasteiger partial charge in [-0.15, -0.1) is 0 Å². The zero-order valence-corrected chi connectivity index (χ0v) is 11.5. The average Bonchev–Trinajstić information content (AvgIpc) is 2.47. The molecular formula is C17H18O3. The molecular weight excluding hydrogens is 252 g/mol. The molecule has 3 nitrogen and oxygen atoms in total. The second-order valence-corrected chi connectivity index (χ2v) is 4.55. The highest BCUT2D eigenvalue weighted by molar-refractivity contribution is 5.76. The fraction of sp³-hybridized carbons (Fsp3) is 0.235. The van der Waals surface area contributed by atoms with Crippen LogP contribution in [0.4, 0.5) is 0 Å². The SMILES string of the molecule is CCOc1ccccc1CC(C(=O)O)c1ccccc1. The van der Waals surface area contributed by atoms with Crippen LogP contribution in [0.5, 0.6) is 5.75 Å². The molecule has 0 saturated carbocycles. The van der Waals surface area contributed by atoms with E-state index in [1.54, 1.807) is 0 Å². The number of ether oxygens (including phenoxy) is 1. The molecule has 0 amide bonds. The van der Waals surface area contributed by atoms with Crippen molar-refractivity contribution in [2.45, 2.75) is 19.3 Å². The van der Waals surface area contributed by atoms with E-state index in [4.69, 9.17) is 4.74 Å². The number of carboxylic acid groups (broad SMARTS) is 1. The van der Waals surface area contributed by atoms with Gasteiger partial charge in [0, 0.05) is 0 Å². The van der Waals surface area contributed by atoms with Crippen LogP contribution in [-0.4, -0.2) is 17.7 Å². The Hall–Kier alpha value is -2.29. The van der Waals surface area contributed by atoms with Gasteiger partial charge >= 0.3 is 5.97 Å². The van der Waals surface area contributed by atoms with E-state index in [0.29, 0.717) is 13.0 Å². The van der Waals surface area contributed by atoms with Gasteiger partial charge in [0.2, 0.25) is 0 Å². The molecule has 0 bridgehead atoms. The maximum atomic E-state index is 11.5. The molecule has 2 rings (SSSR count). The summed E-state index contributed by atoms with van der Waals surface area (Å²) in [6.07, 6.45) is 0.426. The Kier molecular flexibility index (Phi) is 4.77. The Morgan fingerprint density at radius 1 is 1.10 bits per heavy atom. The summed E-state index contributed by atoms with van der Waals surface area (Å²) >= 11 is 0. The minimum absolute atomic E-state index is 0.426. The first kappa shape index (κ1) is 14.1. The smallest absolute Gasteiger partial charge is 0.311 e. The lowest BCUT2D eigenvalue weighted by Crippen LogP contribution is -2.15. The highest BCUT2D eigenvalue weighted by Gasteiger charge is 2.21. The molecule has 0 aliphatic carbocycles. The molecule has 2 aromatic rings. The second-order valence-electron chi connectivity index (χ2n) is 4.55. The predicted molar refractivity (Wildman–Crippen MR) is 78.1 cm³/mol. The minimum atomic E-state index is -0.817. The third kappa shape index (κ3) is 3.38. The molecule has 0 aliphatic rings. The highest BCUT2D eigenvalue weighted by Crippen LogP contribution is 2.26. The van der Waals surface area contributed by atoms with Gasteiger partial charge in [0.25, 0.3) is 0 Å². The quantitative estimate of drug-likeness (QED) is 0.874. The molecule has 0 radical (unpaired) electrons. The maximum Gasteiger partial charge on any atom is 0.311 e. The minimum Gasteiger partial charge on any atom is -0.494 e. The van der Waals surface area contributed by atoms with Crippen LogP contribution in [0.3, 0.4) is 0 Å². The van der Waals surface area contributed by atoms with E-state index in [2.05, 4.69) is 0 Å². The van der Waals surface area contributed by atoms with Crippen LogP contribution in [0, 0.1) is 0 Å². The lowest BCUT2D eigenvalue weighted by atomic mass is 9.92. The molecule has 2 aromatic carbocycles. The van der Waals surface area contributed by atoms with Gasteiger partial charge in [-0.3, -0.25) is 4.79 Å². The summed E-state index contributed by atoms with van der Waals surface area (Å²) in [5.41, 5.74) is 1.73. The predicted octanol–water partition coefficient (Wildman–Crippen LogP) is 3.50. The van der Waals surface area contributed by atoms with E-state index in [1.165, 1.54) is 0 Å². The van der Waals surface area contributed by atoms with E-state index in [-0.39, 0.29) is 0 Å². The maximum absolute atomic E-state index is 11.5. The molecule has 1 atom stereocenters. The third-order valence-corrected chi connectivity index (χ3v) is 3.20. The van der Waals surface area contributed by atoms with Crippen molar-refractivity contribution in [1.82, 2.24) is 0 Å². The van der Waals surface area contributed by atoms with Crippen molar-refractivity contribution in [3.05, 3.63) is 65.7 Å². The van der Waals surface area contributed by atoms with Crippen molar-refractivity contribution in [3.8, 4) is 5.75 Å². The van der Waals surface area contributed by atoms with Gasteiger partial charge in [-0.05, 0) is 30.5 Å².